The summed E-state index contributed by atoms with van der Waals surface area (Å²) in [5, 5.41) is 37.1. The summed E-state index contributed by atoms with van der Waals surface area (Å²) in [4.78, 5) is 29.9. The van der Waals surface area contributed by atoms with E-state index >= 15 is 0 Å². The van der Waals surface area contributed by atoms with Gasteiger partial charge in [-0.05, 0) is 6.92 Å². The summed E-state index contributed by atoms with van der Waals surface area (Å²) in [5.41, 5.74) is 0. The maximum absolute atomic E-state index is 10.0. The van der Waals surface area contributed by atoms with Crippen molar-refractivity contribution in [2.75, 3.05) is 0 Å². The Kier molecular flexibility index (Phi) is 6.98. The van der Waals surface area contributed by atoms with Crippen LogP contribution in [0.25, 0.3) is 0 Å². The van der Waals surface area contributed by atoms with Crippen LogP contribution in [0.1, 0.15) is 6.92 Å². The summed E-state index contributed by atoms with van der Waals surface area (Å²) in [6.45, 7) is 1.24. The Bertz CT molecular complexity index is 323. The van der Waals surface area contributed by atoms with Crippen LogP contribution in [0.15, 0.2) is 12.2 Å². The molecule has 0 aromatic heterocycles. The monoisotopic (exact) mass is 261 g/mol. The molecule has 0 aromatic carbocycles. The molecule has 1 rings (SSSR count). The third kappa shape index (κ3) is 5.64. The molecule has 4 unspecified atom stereocenters. The van der Waals surface area contributed by atoms with Gasteiger partial charge >= 0.3 is 0 Å². The fourth-order valence-corrected chi connectivity index (χ4v) is 0.924. The first-order valence-corrected chi connectivity index (χ1v) is 5.00. The standard InChI is InChI=1S/C6H12O5.C4H3NO2/c1-3(8)5(10)6(11)4(9)2-7;6-3-1-2-4(7)5-3/h2-6,8-11H,1H3;1-2H,(H,5,6,7). The van der Waals surface area contributed by atoms with Crippen molar-refractivity contribution >= 4 is 18.1 Å². The quantitative estimate of drug-likeness (QED) is 0.265. The zero-order valence-electron chi connectivity index (χ0n) is 9.56. The number of carbonyl (C=O) groups is 3. The van der Waals surface area contributed by atoms with Crippen LogP contribution in [0, 0.1) is 0 Å². The molecule has 0 saturated carbocycles. The van der Waals surface area contributed by atoms with Gasteiger partial charge in [0.2, 0.25) is 0 Å². The predicted molar refractivity (Wildman–Crippen MR) is 58.1 cm³/mol. The number of nitrogens with one attached hydrogen (secondary N) is 1. The first-order valence-electron chi connectivity index (χ1n) is 5.00. The van der Waals surface area contributed by atoms with Crippen molar-refractivity contribution in [2.24, 2.45) is 0 Å². The molecule has 1 heterocycles. The number of hydrogen-bond donors (Lipinski definition) is 5. The lowest BCUT2D eigenvalue weighted by Gasteiger charge is -2.21. The molecular weight excluding hydrogens is 246 g/mol. The van der Waals surface area contributed by atoms with Gasteiger partial charge in [0.15, 0.2) is 6.29 Å². The second-order valence-corrected chi connectivity index (χ2v) is 3.54. The van der Waals surface area contributed by atoms with Crippen molar-refractivity contribution in [1.29, 1.82) is 0 Å². The molecule has 0 fully saturated rings. The Morgan fingerprint density at radius 2 is 1.50 bits per heavy atom. The van der Waals surface area contributed by atoms with Crippen LogP contribution in [-0.2, 0) is 14.4 Å². The van der Waals surface area contributed by atoms with Crippen LogP contribution in [0.5, 0.6) is 0 Å². The number of imide groups is 1. The molecular formula is C10H15NO7. The average Bonchev–Trinajstić information content (AvgIpc) is 2.70. The largest absolute Gasteiger partial charge is 0.391 e. The number of carbonyl (C=O) groups excluding carboxylic acids is 3. The molecule has 8 nitrogen and oxygen atoms in total. The maximum atomic E-state index is 10.0. The van der Waals surface area contributed by atoms with Gasteiger partial charge in [0.25, 0.3) is 11.8 Å². The molecule has 1 aliphatic heterocycles. The molecule has 0 aliphatic carbocycles. The van der Waals surface area contributed by atoms with Gasteiger partial charge in [-0.25, -0.2) is 0 Å². The maximum Gasteiger partial charge on any atom is 0.250 e. The predicted octanol–water partition coefficient (Wildman–Crippen LogP) is -3.15. The van der Waals surface area contributed by atoms with Crippen molar-refractivity contribution in [3.8, 4) is 0 Å². The van der Waals surface area contributed by atoms with Crippen molar-refractivity contribution in [2.45, 2.75) is 31.3 Å². The lowest BCUT2D eigenvalue weighted by molar-refractivity contribution is -0.132. The number of hydrogen-bond acceptors (Lipinski definition) is 7. The minimum Gasteiger partial charge on any atom is -0.391 e. The molecule has 5 N–H and O–H groups in total. The van der Waals surface area contributed by atoms with Crippen molar-refractivity contribution in [3.05, 3.63) is 12.2 Å². The van der Waals surface area contributed by atoms with Gasteiger partial charge in [-0.15, -0.1) is 0 Å². The molecule has 1 aliphatic rings. The van der Waals surface area contributed by atoms with Crippen LogP contribution in [0.4, 0.5) is 0 Å². The van der Waals surface area contributed by atoms with E-state index in [1.54, 1.807) is 0 Å². The first kappa shape index (κ1) is 16.4. The summed E-state index contributed by atoms with van der Waals surface area (Å²) in [7, 11) is 0. The second-order valence-electron chi connectivity index (χ2n) is 3.54. The lowest BCUT2D eigenvalue weighted by Crippen LogP contribution is -2.43. The Morgan fingerprint density at radius 1 is 1.06 bits per heavy atom. The lowest BCUT2D eigenvalue weighted by atomic mass is 10.1. The zero-order valence-corrected chi connectivity index (χ0v) is 9.56. The Labute approximate surface area is 103 Å². The van der Waals surface area contributed by atoms with Gasteiger partial charge in [-0.3, -0.25) is 14.9 Å². The Balaban J connectivity index is 0.000000351. The van der Waals surface area contributed by atoms with Gasteiger partial charge in [-0.2, -0.15) is 0 Å². The number of rotatable bonds is 4. The SMILES string of the molecule is CC(O)C(O)C(O)C(O)C=O.O=C1C=CC(=O)N1. The van der Waals surface area contributed by atoms with E-state index in [9.17, 15) is 14.4 Å². The molecule has 102 valence electrons. The van der Waals surface area contributed by atoms with Gasteiger partial charge in [0.1, 0.15) is 18.3 Å². The highest BCUT2D eigenvalue weighted by molar-refractivity contribution is 6.12. The van der Waals surface area contributed by atoms with E-state index in [2.05, 4.69) is 0 Å². The van der Waals surface area contributed by atoms with Crippen LogP contribution >= 0.6 is 0 Å². The molecule has 0 aromatic rings. The smallest absolute Gasteiger partial charge is 0.250 e. The summed E-state index contributed by atoms with van der Waals surface area (Å²) in [6.07, 6.45) is -3.48. The van der Waals surface area contributed by atoms with E-state index in [0.29, 0.717) is 0 Å². The van der Waals surface area contributed by atoms with E-state index in [-0.39, 0.29) is 18.1 Å². The molecule has 0 radical (unpaired) electrons. The second kappa shape index (κ2) is 7.67. The summed E-state index contributed by atoms with van der Waals surface area (Å²) in [5.74, 6) is -0.657. The molecule has 8 heteroatoms. The van der Waals surface area contributed by atoms with Gasteiger partial charge in [-0.1, -0.05) is 0 Å². The number of aliphatic hydroxyl groups is 4. The summed E-state index contributed by atoms with van der Waals surface area (Å²) in [6, 6.07) is 0. The van der Waals surface area contributed by atoms with Crippen LogP contribution in [0.2, 0.25) is 0 Å². The highest BCUT2D eigenvalue weighted by atomic mass is 16.4. The van der Waals surface area contributed by atoms with Crippen LogP contribution in [0.3, 0.4) is 0 Å². The molecule has 18 heavy (non-hydrogen) atoms. The van der Waals surface area contributed by atoms with Crippen molar-refractivity contribution < 1.29 is 34.8 Å². The summed E-state index contributed by atoms with van der Waals surface area (Å²) < 4.78 is 0. The fraction of sp³-hybridized carbons (Fsp3) is 0.500. The van der Waals surface area contributed by atoms with E-state index in [1.807, 2.05) is 5.32 Å². The van der Waals surface area contributed by atoms with Crippen molar-refractivity contribution in [1.82, 2.24) is 5.32 Å². The molecule has 0 bridgehead atoms. The van der Waals surface area contributed by atoms with Gasteiger partial charge in [0.05, 0.1) is 6.10 Å². The number of aldehydes is 1. The number of amides is 2. The van der Waals surface area contributed by atoms with E-state index in [4.69, 9.17) is 20.4 Å². The summed E-state index contributed by atoms with van der Waals surface area (Å²) >= 11 is 0. The number of aliphatic hydroxyl groups excluding tert-OH is 4. The van der Waals surface area contributed by atoms with E-state index in [1.165, 1.54) is 19.1 Å². The van der Waals surface area contributed by atoms with E-state index in [0.717, 1.165) is 0 Å². The molecule has 4 atom stereocenters. The van der Waals surface area contributed by atoms with Gasteiger partial charge < -0.3 is 25.2 Å². The van der Waals surface area contributed by atoms with E-state index < -0.39 is 24.4 Å². The third-order valence-electron chi connectivity index (χ3n) is 1.97. The molecule has 2 amide bonds. The molecule has 0 spiro atoms. The minimum atomic E-state index is -1.65. The topological polar surface area (TPSA) is 144 Å². The van der Waals surface area contributed by atoms with Crippen molar-refractivity contribution in [3.63, 3.8) is 0 Å². The highest BCUT2D eigenvalue weighted by Crippen LogP contribution is 2.02. The third-order valence-corrected chi connectivity index (χ3v) is 1.97. The Hall–Kier alpha value is -1.61. The zero-order chi connectivity index (χ0) is 14.3. The normalized spacial score (nSPS) is 20.3. The fourth-order valence-electron chi connectivity index (χ4n) is 0.924. The highest BCUT2D eigenvalue weighted by Gasteiger charge is 2.27. The van der Waals surface area contributed by atoms with Gasteiger partial charge in [0, 0.05) is 12.2 Å². The van der Waals surface area contributed by atoms with Crippen LogP contribution in [-0.4, -0.2) is 62.9 Å². The Morgan fingerprint density at radius 3 is 1.72 bits per heavy atom. The molecule has 0 saturated heterocycles. The average molecular weight is 261 g/mol. The minimum absolute atomic E-state index is 0.0935. The first-order chi connectivity index (χ1) is 8.29. The van der Waals surface area contributed by atoms with Crippen LogP contribution < -0.4 is 5.32 Å².